The van der Waals surface area contributed by atoms with E-state index in [2.05, 4.69) is 34.4 Å². The average Bonchev–Trinajstić information content (AvgIpc) is 2.89. The van der Waals surface area contributed by atoms with E-state index in [1.807, 2.05) is 17.6 Å². The van der Waals surface area contributed by atoms with E-state index in [0.29, 0.717) is 0 Å². The SMILES string of the molecule is c1ccc2c(Cc3nccs3)c[nH]c2c1. The summed E-state index contributed by atoms with van der Waals surface area (Å²) >= 11 is 1.70. The Morgan fingerprint density at radius 1 is 1.27 bits per heavy atom. The molecule has 3 aromatic rings. The number of H-pyrrole nitrogens is 1. The number of benzene rings is 1. The molecule has 3 heteroatoms. The largest absolute Gasteiger partial charge is 0.361 e. The molecule has 0 unspecified atom stereocenters. The first-order valence-corrected chi connectivity index (χ1v) is 5.75. The molecule has 15 heavy (non-hydrogen) atoms. The zero-order valence-corrected chi connectivity index (χ0v) is 8.92. The number of hydrogen-bond acceptors (Lipinski definition) is 2. The zero-order chi connectivity index (χ0) is 10.1. The lowest BCUT2D eigenvalue weighted by Gasteiger charge is -1.94. The van der Waals surface area contributed by atoms with Crippen molar-refractivity contribution in [3.8, 4) is 0 Å². The molecule has 3 rings (SSSR count). The van der Waals surface area contributed by atoms with Gasteiger partial charge >= 0.3 is 0 Å². The molecule has 1 N–H and O–H groups in total. The Morgan fingerprint density at radius 2 is 2.20 bits per heavy atom. The Morgan fingerprint density at radius 3 is 3.07 bits per heavy atom. The van der Waals surface area contributed by atoms with Crippen molar-refractivity contribution >= 4 is 22.2 Å². The van der Waals surface area contributed by atoms with Crippen molar-refractivity contribution in [1.29, 1.82) is 0 Å². The Bertz CT molecular complexity index is 566. The van der Waals surface area contributed by atoms with Gasteiger partial charge in [-0.3, -0.25) is 0 Å². The van der Waals surface area contributed by atoms with Gasteiger partial charge in [-0.2, -0.15) is 0 Å². The minimum Gasteiger partial charge on any atom is -0.361 e. The third-order valence-corrected chi connectivity index (χ3v) is 3.28. The van der Waals surface area contributed by atoms with E-state index < -0.39 is 0 Å². The summed E-state index contributed by atoms with van der Waals surface area (Å²) < 4.78 is 0. The van der Waals surface area contributed by atoms with Gasteiger partial charge in [0.1, 0.15) is 0 Å². The zero-order valence-electron chi connectivity index (χ0n) is 8.10. The van der Waals surface area contributed by atoms with Crippen molar-refractivity contribution in [2.24, 2.45) is 0 Å². The average molecular weight is 214 g/mol. The quantitative estimate of drug-likeness (QED) is 0.697. The fourth-order valence-corrected chi connectivity index (χ4v) is 2.42. The fourth-order valence-electron chi connectivity index (χ4n) is 1.78. The van der Waals surface area contributed by atoms with E-state index in [-0.39, 0.29) is 0 Å². The number of aromatic amines is 1. The van der Waals surface area contributed by atoms with Gasteiger partial charge in [0.25, 0.3) is 0 Å². The van der Waals surface area contributed by atoms with Gasteiger partial charge in [-0.1, -0.05) is 18.2 Å². The summed E-state index contributed by atoms with van der Waals surface area (Å²) in [6, 6.07) is 8.36. The molecule has 0 spiro atoms. The number of rotatable bonds is 2. The highest BCUT2D eigenvalue weighted by atomic mass is 32.1. The highest BCUT2D eigenvalue weighted by Crippen LogP contribution is 2.21. The molecule has 0 atom stereocenters. The molecular formula is C12H10N2S. The van der Waals surface area contributed by atoms with Gasteiger partial charge in [-0.15, -0.1) is 11.3 Å². The van der Waals surface area contributed by atoms with Crippen LogP contribution < -0.4 is 0 Å². The van der Waals surface area contributed by atoms with Crippen molar-refractivity contribution in [3.63, 3.8) is 0 Å². The molecule has 74 valence electrons. The number of aromatic nitrogens is 2. The molecule has 0 fully saturated rings. The Kier molecular flexibility index (Phi) is 2.03. The number of nitrogens with zero attached hydrogens (tertiary/aromatic N) is 1. The van der Waals surface area contributed by atoms with Gasteiger partial charge in [0.05, 0.1) is 5.01 Å². The Balaban J connectivity index is 2.05. The first-order valence-electron chi connectivity index (χ1n) is 4.87. The third kappa shape index (κ3) is 1.55. The molecule has 0 saturated carbocycles. The number of hydrogen-bond donors (Lipinski definition) is 1. The van der Waals surface area contributed by atoms with E-state index in [0.717, 1.165) is 6.42 Å². The maximum Gasteiger partial charge on any atom is 0.0969 e. The highest BCUT2D eigenvalue weighted by Gasteiger charge is 2.04. The third-order valence-electron chi connectivity index (χ3n) is 2.50. The van der Waals surface area contributed by atoms with Crippen LogP contribution in [-0.4, -0.2) is 9.97 Å². The molecule has 0 aliphatic heterocycles. The Labute approximate surface area is 91.6 Å². The van der Waals surface area contributed by atoms with Crippen molar-refractivity contribution < 1.29 is 0 Å². The molecular weight excluding hydrogens is 204 g/mol. The maximum atomic E-state index is 4.30. The number of para-hydroxylation sites is 1. The summed E-state index contributed by atoms with van der Waals surface area (Å²) in [7, 11) is 0. The molecule has 0 amide bonds. The normalized spacial score (nSPS) is 10.9. The van der Waals surface area contributed by atoms with E-state index in [9.17, 15) is 0 Å². The number of thiazole rings is 1. The van der Waals surface area contributed by atoms with Crippen molar-refractivity contribution in [1.82, 2.24) is 9.97 Å². The molecule has 0 saturated heterocycles. The van der Waals surface area contributed by atoms with Gasteiger partial charge in [0.2, 0.25) is 0 Å². The second-order valence-electron chi connectivity index (χ2n) is 3.46. The van der Waals surface area contributed by atoms with Crippen LogP contribution in [0.15, 0.2) is 42.0 Å². The van der Waals surface area contributed by atoms with Crippen LogP contribution in [0.3, 0.4) is 0 Å². The minimum absolute atomic E-state index is 0.918. The van der Waals surface area contributed by atoms with Crippen LogP contribution in [0.1, 0.15) is 10.6 Å². The van der Waals surface area contributed by atoms with Gasteiger partial charge in [-0.05, 0) is 11.6 Å². The minimum atomic E-state index is 0.918. The van der Waals surface area contributed by atoms with Crippen LogP contribution in [0.25, 0.3) is 10.9 Å². The lowest BCUT2D eigenvalue weighted by Crippen LogP contribution is -1.84. The maximum absolute atomic E-state index is 4.30. The van der Waals surface area contributed by atoms with E-state index in [1.165, 1.54) is 21.5 Å². The second-order valence-corrected chi connectivity index (χ2v) is 4.44. The summed E-state index contributed by atoms with van der Waals surface area (Å²) in [5.74, 6) is 0. The molecule has 0 bridgehead atoms. The fraction of sp³-hybridized carbons (Fsp3) is 0.0833. The van der Waals surface area contributed by atoms with Crippen molar-refractivity contribution in [2.45, 2.75) is 6.42 Å². The van der Waals surface area contributed by atoms with Gasteiger partial charge in [0.15, 0.2) is 0 Å². The van der Waals surface area contributed by atoms with E-state index >= 15 is 0 Å². The van der Waals surface area contributed by atoms with Crippen LogP contribution in [0, 0.1) is 0 Å². The number of nitrogens with one attached hydrogen (secondary N) is 1. The second kappa shape index (κ2) is 3.51. The Hall–Kier alpha value is -1.61. The summed E-state index contributed by atoms with van der Waals surface area (Å²) in [5, 5.41) is 4.48. The standard InChI is InChI=1S/C12H10N2S/c1-2-4-11-10(3-1)9(8-14-11)7-12-13-5-6-15-12/h1-6,8,14H,7H2. The predicted molar refractivity (Wildman–Crippen MR) is 63.2 cm³/mol. The summed E-state index contributed by atoms with van der Waals surface area (Å²) in [6.45, 7) is 0. The molecule has 1 aromatic carbocycles. The monoisotopic (exact) mass is 214 g/mol. The van der Waals surface area contributed by atoms with E-state index in [4.69, 9.17) is 0 Å². The van der Waals surface area contributed by atoms with Crippen LogP contribution in [-0.2, 0) is 6.42 Å². The molecule has 0 aliphatic carbocycles. The van der Waals surface area contributed by atoms with Crippen molar-refractivity contribution in [2.75, 3.05) is 0 Å². The van der Waals surface area contributed by atoms with Crippen LogP contribution in [0.5, 0.6) is 0 Å². The summed E-state index contributed by atoms with van der Waals surface area (Å²) in [6.07, 6.45) is 4.85. The highest BCUT2D eigenvalue weighted by molar-refractivity contribution is 7.09. The summed E-state index contributed by atoms with van der Waals surface area (Å²) in [4.78, 5) is 7.58. The molecule has 2 nitrogen and oxygen atoms in total. The van der Waals surface area contributed by atoms with Gasteiger partial charge in [-0.25, -0.2) is 4.98 Å². The smallest absolute Gasteiger partial charge is 0.0969 e. The first-order chi connectivity index (χ1) is 7.43. The molecule has 2 heterocycles. The van der Waals surface area contributed by atoms with Crippen LogP contribution in [0.4, 0.5) is 0 Å². The lowest BCUT2D eigenvalue weighted by atomic mass is 10.1. The van der Waals surface area contributed by atoms with Gasteiger partial charge < -0.3 is 4.98 Å². The topological polar surface area (TPSA) is 28.7 Å². The van der Waals surface area contributed by atoms with Crippen molar-refractivity contribution in [3.05, 3.63) is 52.6 Å². The van der Waals surface area contributed by atoms with Crippen LogP contribution >= 0.6 is 11.3 Å². The molecule has 0 radical (unpaired) electrons. The predicted octanol–water partition coefficient (Wildman–Crippen LogP) is 3.22. The number of fused-ring (bicyclic) bond motifs is 1. The van der Waals surface area contributed by atoms with Crippen LogP contribution in [0.2, 0.25) is 0 Å². The lowest BCUT2D eigenvalue weighted by molar-refractivity contribution is 1.15. The molecule has 2 aromatic heterocycles. The van der Waals surface area contributed by atoms with E-state index in [1.54, 1.807) is 11.3 Å². The molecule has 0 aliphatic rings. The first kappa shape index (κ1) is 8.68. The summed E-state index contributed by atoms with van der Waals surface area (Å²) in [5.41, 5.74) is 2.52. The van der Waals surface area contributed by atoms with Gasteiger partial charge in [0, 0.05) is 35.1 Å².